The zero-order valence-electron chi connectivity index (χ0n) is 17.7. The maximum Gasteiger partial charge on any atom is 0.263 e. The summed E-state index contributed by atoms with van der Waals surface area (Å²) in [4.78, 5) is 8.89. The zero-order chi connectivity index (χ0) is 22.6. The Morgan fingerprint density at radius 3 is 2.28 bits per heavy atom. The second-order valence-electron chi connectivity index (χ2n) is 7.16. The number of anilines is 1. The van der Waals surface area contributed by atoms with E-state index in [2.05, 4.69) is 14.7 Å². The predicted octanol–water partition coefficient (Wildman–Crippen LogP) is 4.58. The van der Waals surface area contributed by atoms with Crippen LogP contribution >= 0.6 is 0 Å². The standard InChI is InChI=1S/C23H23N3O5S/c1-29-18-10-6-7-11-19(18)31-20-22(24-21(17-12-13-17)25-23(20)30-2)26-32(27,28)15-14-16-8-4-3-5-9-16/h3-11,14-15,17H,12-13H2,1-2H3,(H,24,25,26). The summed E-state index contributed by atoms with van der Waals surface area (Å²) >= 11 is 0. The van der Waals surface area contributed by atoms with E-state index in [0.717, 1.165) is 23.8 Å². The molecule has 32 heavy (non-hydrogen) atoms. The molecule has 4 rings (SSSR count). The summed E-state index contributed by atoms with van der Waals surface area (Å²) in [5.41, 5.74) is 0.752. The van der Waals surface area contributed by atoms with Gasteiger partial charge in [-0.25, -0.2) is 13.4 Å². The molecule has 1 aromatic heterocycles. The van der Waals surface area contributed by atoms with Gasteiger partial charge in [-0.3, -0.25) is 4.72 Å². The fraction of sp³-hybridized carbons (Fsp3) is 0.217. The van der Waals surface area contributed by atoms with Crippen LogP contribution in [0.2, 0.25) is 0 Å². The summed E-state index contributed by atoms with van der Waals surface area (Å²) in [6, 6.07) is 16.1. The third kappa shape index (κ3) is 5.17. The molecule has 0 amide bonds. The number of ether oxygens (including phenoxy) is 3. The lowest BCUT2D eigenvalue weighted by Crippen LogP contribution is -2.13. The molecule has 0 aliphatic heterocycles. The molecule has 0 atom stereocenters. The largest absolute Gasteiger partial charge is 0.493 e. The highest BCUT2D eigenvalue weighted by molar-refractivity contribution is 7.95. The first kappa shape index (κ1) is 21.6. The Morgan fingerprint density at radius 2 is 1.62 bits per heavy atom. The second-order valence-corrected chi connectivity index (χ2v) is 8.72. The Bertz CT molecular complexity index is 1230. The highest BCUT2D eigenvalue weighted by Gasteiger charge is 2.31. The first-order valence-electron chi connectivity index (χ1n) is 10.0. The van der Waals surface area contributed by atoms with Crippen LogP contribution < -0.4 is 18.9 Å². The maximum atomic E-state index is 12.8. The Kier molecular flexibility index (Phi) is 6.27. The lowest BCUT2D eigenvalue weighted by molar-refractivity contribution is 0.346. The molecule has 1 aliphatic carbocycles. The van der Waals surface area contributed by atoms with Crippen LogP contribution in [0.15, 0.2) is 60.0 Å². The van der Waals surface area contributed by atoms with Crippen LogP contribution in [0, 0.1) is 0 Å². The van der Waals surface area contributed by atoms with E-state index in [1.54, 1.807) is 36.4 Å². The molecule has 0 spiro atoms. The predicted molar refractivity (Wildman–Crippen MR) is 122 cm³/mol. The average molecular weight is 454 g/mol. The molecule has 0 bridgehead atoms. The first-order valence-corrected chi connectivity index (χ1v) is 11.6. The third-order valence-corrected chi connectivity index (χ3v) is 5.72. The van der Waals surface area contributed by atoms with Gasteiger partial charge in [-0.2, -0.15) is 4.98 Å². The van der Waals surface area contributed by atoms with E-state index >= 15 is 0 Å². The SMILES string of the molecule is COc1ccccc1Oc1c(NS(=O)(=O)C=Cc2ccccc2)nc(C2CC2)nc1OC. The van der Waals surface area contributed by atoms with Gasteiger partial charge in [-0.05, 0) is 36.6 Å². The lowest BCUT2D eigenvalue weighted by Gasteiger charge is -2.16. The van der Waals surface area contributed by atoms with Gasteiger partial charge in [0.15, 0.2) is 17.3 Å². The van der Waals surface area contributed by atoms with Gasteiger partial charge in [0.1, 0.15) is 5.82 Å². The van der Waals surface area contributed by atoms with E-state index in [-0.39, 0.29) is 23.4 Å². The molecule has 1 saturated carbocycles. The summed E-state index contributed by atoms with van der Waals surface area (Å²) in [7, 11) is -0.934. The van der Waals surface area contributed by atoms with Crippen molar-refractivity contribution in [3.63, 3.8) is 0 Å². The molecule has 1 heterocycles. The number of aromatic nitrogens is 2. The zero-order valence-corrected chi connectivity index (χ0v) is 18.5. The monoisotopic (exact) mass is 453 g/mol. The second kappa shape index (κ2) is 9.27. The lowest BCUT2D eigenvalue weighted by atomic mass is 10.2. The molecule has 1 aliphatic rings. The third-order valence-electron chi connectivity index (χ3n) is 4.75. The van der Waals surface area contributed by atoms with E-state index in [0.29, 0.717) is 17.3 Å². The molecule has 1 N–H and O–H groups in total. The molecule has 1 fully saturated rings. The van der Waals surface area contributed by atoms with Crippen LogP contribution in [0.3, 0.4) is 0 Å². The van der Waals surface area contributed by atoms with Crippen molar-refractivity contribution in [3.8, 4) is 23.1 Å². The Morgan fingerprint density at radius 1 is 0.938 bits per heavy atom. The van der Waals surface area contributed by atoms with Crippen molar-refractivity contribution in [3.05, 3.63) is 71.4 Å². The number of para-hydroxylation sites is 2. The molecular weight excluding hydrogens is 430 g/mol. The quantitative estimate of drug-likeness (QED) is 0.506. The molecular formula is C23H23N3O5S. The fourth-order valence-electron chi connectivity index (χ4n) is 2.98. The van der Waals surface area contributed by atoms with Crippen molar-refractivity contribution in [2.24, 2.45) is 0 Å². The first-order chi connectivity index (χ1) is 15.5. The normalized spacial score (nSPS) is 13.7. The van der Waals surface area contributed by atoms with Gasteiger partial charge in [0.25, 0.3) is 15.9 Å². The van der Waals surface area contributed by atoms with Gasteiger partial charge < -0.3 is 14.2 Å². The molecule has 0 radical (unpaired) electrons. The maximum absolute atomic E-state index is 12.8. The average Bonchev–Trinajstić information content (AvgIpc) is 3.65. The summed E-state index contributed by atoms with van der Waals surface area (Å²) in [6.45, 7) is 0. The Labute approximate surface area is 186 Å². The van der Waals surface area contributed by atoms with E-state index in [1.807, 2.05) is 18.2 Å². The molecule has 166 valence electrons. The van der Waals surface area contributed by atoms with E-state index in [1.165, 1.54) is 20.3 Å². The topological polar surface area (TPSA) is 99.6 Å². The number of hydrogen-bond donors (Lipinski definition) is 1. The van der Waals surface area contributed by atoms with Crippen LogP contribution in [0.4, 0.5) is 5.82 Å². The van der Waals surface area contributed by atoms with Crippen molar-refractivity contribution in [2.75, 3.05) is 18.9 Å². The smallest absolute Gasteiger partial charge is 0.263 e. The summed E-state index contributed by atoms with van der Waals surface area (Å²) in [5, 5.41) is 1.08. The van der Waals surface area contributed by atoms with Crippen molar-refractivity contribution in [2.45, 2.75) is 18.8 Å². The number of methoxy groups -OCH3 is 2. The van der Waals surface area contributed by atoms with Gasteiger partial charge in [-0.1, -0.05) is 42.5 Å². The summed E-state index contributed by atoms with van der Waals surface area (Å²) in [6.07, 6.45) is 3.38. The fourth-order valence-corrected chi connectivity index (χ4v) is 3.80. The van der Waals surface area contributed by atoms with E-state index in [9.17, 15) is 8.42 Å². The van der Waals surface area contributed by atoms with Crippen molar-refractivity contribution in [1.29, 1.82) is 0 Å². The van der Waals surface area contributed by atoms with Gasteiger partial charge in [0, 0.05) is 5.92 Å². The van der Waals surface area contributed by atoms with Gasteiger partial charge in [-0.15, -0.1) is 0 Å². The highest BCUT2D eigenvalue weighted by atomic mass is 32.2. The van der Waals surface area contributed by atoms with Crippen LogP contribution in [0.25, 0.3) is 6.08 Å². The molecule has 0 saturated heterocycles. The molecule has 3 aromatic rings. The number of hydrogen-bond acceptors (Lipinski definition) is 7. The minimum Gasteiger partial charge on any atom is -0.493 e. The van der Waals surface area contributed by atoms with Crippen LogP contribution in [-0.4, -0.2) is 32.6 Å². The minimum absolute atomic E-state index is 0.00219. The van der Waals surface area contributed by atoms with Crippen molar-refractivity contribution >= 4 is 21.9 Å². The van der Waals surface area contributed by atoms with Gasteiger partial charge in [0.05, 0.1) is 19.6 Å². The molecule has 8 nitrogen and oxygen atoms in total. The van der Waals surface area contributed by atoms with Crippen molar-refractivity contribution in [1.82, 2.24) is 9.97 Å². The van der Waals surface area contributed by atoms with Crippen LogP contribution in [0.1, 0.15) is 30.1 Å². The number of rotatable bonds is 9. The van der Waals surface area contributed by atoms with Crippen molar-refractivity contribution < 1.29 is 22.6 Å². The molecule has 2 aromatic carbocycles. The summed E-state index contributed by atoms with van der Waals surface area (Å²) < 4.78 is 44.9. The number of nitrogens with one attached hydrogen (secondary N) is 1. The summed E-state index contributed by atoms with van der Waals surface area (Å²) in [5.74, 6) is 1.72. The Balaban J connectivity index is 1.72. The van der Waals surface area contributed by atoms with Gasteiger partial charge >= 0.3 is 0 Å². The number of nitrogens with zero attached hydrogens (tertiary/aromatic N) is 2. The Hall–Kier alpha value is -3.59. The number of benzene rings is 2. The molecule has 0 unspecified atom stereocenters. The van der Waals surface area contributed by atoms with Crippen LogP contribution in [0.5, 0.6) is 23.1 Å². The van der Waals surface area contributed by atoms with Gasteiger partial charge in [0.2, 0.25) is 5.75 Å². The molecule has 9 heteroatoms. The minimum atomic E-state index is -3.90. The van der Waals surface area contributed by atoms with E-state index in [4.69, 9.17) is 14.2 Å². The number of sulfonamides is 1. The van der Waals surface area contributed by atoms with E-state index < -0.39 is 10.0 Å². The highest BCUT2D eigenvalue weighted by Crippen LogP contribution is 2.44. The van der Waals surface area contributed by atoms with Crippen LogP contribution in [-0.2, 0) is 10.0 Å².